The maximum Gasteiger partial charge on any atom is 0.411 e. The topological polar surface area (TPSA) is 76.1 Å². The molecule has 0 saturated carbocycles. The molecule has 1 unspecified atom stereocenters. The number of hydrogen-bond donors (Lipinski definition) is 1. The zero-order valence-corrected chi connectivity index (χ0v) is 11.6. The Morgan fingerprint density at radius 1 is 1.47 bits per heavy atom. The van der Waals surface area contributed by atoms with Crippen molar-refractivity contribution in [3.8, 4) is 0 Å². The van der Waals surface area contributed by atoms with Crippen molar-refractivity contribution in [1.82, 2.24) is 4.90 Å². The van der Waals surface area contributed by atoms with Crippen LogP contribution in [-0.4, -0.2) is 53.0 Å². The highest BCUT2D eigenvalue weighted by Gasteiger charge is 2.41. The van der Waals surface area contributed by atoms with Gasteiger partial charge < -0.3 is 14.6 Å². The lowest BCUT2D eigenvalue weighted by molar-refractivity contribution is -0.142. The molecular weight excluding hydrogens is 250 g/mol. The summed E-state index contributed by atoms with van der Waals surface area (Å²) >= 11 is 0. The molecule has 1 amide bonds. The minimum Gasteiger partial charge on any atom is -0.480 e. The molecule has 108 valence electrons. The third kappa shape index (κ3) is 4.55. The van der Waals surface area contributed by atoms with E-state index < -0.39 is 23.7 Å². The fourth-order valence-electron chi connectivity index (χ4n) is 1.88. The average Bonchev–Trinajstić information content (AvgIpc) is 2.68. The van der Waals surface area contributed by atoms with Gasteiger partial charge in [-0.1, -0.05) is 6.08 Å². The van der Waals surface area contributed by atoms with Crippen LogP contribution >= 0.6 is 0 Å². The van der Waals surface area contributed by atoms with E-state index in [9.17, 15) is 9.59 Å². The Balaban J connectivity index is 2.70. The van der Waals surface area contributed by atoms with Gasteiger partial charge in [0.2, 0.25) is 0 Å². The van der Waals surface area contributed by atoms with E-state index >= 15 is 0 Å². The fraction of sp³-hybridized carbons (Fsp3) is 0.692. The van der Waals surface area contributed by atoms with Crippen molar-refractivity contribution in [3.05, 3.63) is 12.7 Å². The van der Waals surface area contributed by atoms with Gasteiger partial charge >= 0.3 is 12.1 Å². The quantitative estimate of drug-likeness (QED) is 0.787. The number of carbonyl (C=O) groups excluding carboxylic acids is 1. The fourth-order valence-corrected chi connectivity index (χ4v) is 1.88. The summed E-state index contributed by atoms with van der Waals surface area (Å²) < 4.78 is 10.6. The zero-order valence-electron chi connectivity index (χ0n) is 11.6. The summed E-state index contributed by atoms with van der Waals surface area (Å²) in [5.74, 6) is -1.05. The lowest BCUT2D eigenvalue weighted by Gasteiger charge is -2.26. The lowest BCUT2D eigenvalue weighted by atomic mass is 10.2. The average molecular weight is 271 g/mol. The summed E-state index contributed by atoms with van der Waals surface area (Å²) in [5, 5.41) is 9.15. The van der Waals surface area contributed by atoms with Crippen LogP contribution in [0.1, 0.15) is 27.2 Å². The Bertz CT molecular complexity index is 361. The number of carbonyl (C=O) groups is 2. The molecule has 0 aromatic heterocycles. The summed E-state index contributed by atoms with van der Waals surface area (Å²) in [5.41, 5.74) is -0.653. The third-order valence-electron chi connectivity index (χ3n) is 2.63. The second-order valence-electron chi connectivity index (χ2n) is 5.47. The monoisotopic (exact) mass is 271 g/mol. The standard InChI is InChI=1S/C13H21NO5/c1-5-6-18-9-7-10(11(15)16)14(8-9)12(17)19-13(2,3)4/h5,9-10H,1,6-8H2,2-4H3,(H,15,16)/t9?,10-/m1/s1. The van der Waals surface area contributed by atoms with Gasteiger partial charge in [0, 0.05) is 6.42 Å². The van der Waals surface area contributed by atoms with Gasteiger partial charge in [-0.25, -0.2) is 9.59 Å². The minimum atomic E-state index is -1.05. The van der Waals surface area contributed by atoms with Crippen molar-refractivity contribution < 1.29 is 24.2 Å². The molecule has 1 aliphatic rings. The van der Waals surface area contributed by atoms with Crippen LogP contribution in [0.5, 0.6) is 0 Å². The summed E-state index contributed by atoms with van der Waals surface area (Å²) in [7, 11) is 0. The minimum absolute atomic E-state index is 0.222. The molecule has 1 rings (SSSR count). The van der Waals surface area contributed by atoms with Gasteiger partial charge in [-0.05, 0) is 20.8 Å². The van der Waals surface area contributed by atoms with Crippen LogP contribution in [0.15, 0.2) is 12.7 Å². The van der Waals surface area contributed by atoms with E-state index in [4.69, 9.17) is 14.6 Å². The molecular formula is C13H21NO5. The second-order valence-corrected chi connectivity index (χ2v) is 5.47. The molecule has 0 aromatic rings. The number of likely N-dealkylation sites (tertiary alicyclic amines) is 1. The van der Waals surface area contributed by atoms with E-state index in [-0.39, 0.29) is 19.1 Å². The Morgan fingerprint density at radius 3 is 2.58 bits per heavy atom. The highest BCUT2D eigenvalue weighted by atomic mass is 16.6. The highest BCUT2D eigenvalue weighted by molar-refractivity contribution is 5.81. The largest absolute Gasteiger partial charge is 0.480 e. The molecule has 0 radical (unpaired) electrons. The Labute approximate surface area is 113 Å². The van der Waals surface area contributed by atoms with Gasteiger partial charge in [0.05, 0.1) is 19.3 Å². The molecule has 1 fully saturated rings. The van der Waals surface area contributed by atoms with Gasteiger partial charge in [0.1, 0.15) is 11.6 Å². The van der Waals surface area contributed by atoms with Crippen molar-refractivity contribution in [1.29, 1.82) is 0 Å². The first kappa shape index (κ1) is 15.5. The predicted molar refractivity (Wildman–Crippen MR) is 68.9 cm³/mol. The van der Waals surface area contributed by atoms with Crippen LogP contribution in [0.2, 0.25) is 0 Å². The lowest BCUT2D eigenvalue weighted by Crippen LogP contribution is -2.43. The van der Waals surface area contributed by atoms with E-state index in [2.05, 4.69) is 6.58 Å². The normalized spacial score (nSPS) is 23.2. The van der Waals surface area contributed by atoms with Crippen LogP contribution in [0.3, 0.4) is 0 Å². The van der Waals surface area contributed by atoms with E-state index in [1.807, 2.05) is 0 Å². The first-order valence-electron chi connectivity index (χ1n) is 6.19. The molecule has 0 bridgehead atoms. The van der Waals surface area contributed by atoms with Crippen molar-refractivity contribution in [2.45, 2.75) is 44.9 Å². The molecule has 1 heterocycles. The highest BCUT2D eigenvalue weighted by Crippen LogP contribution is 2.23. The molecule has 1 aliphatic heterocycles. The molecule has 19 heavy (non-hydrogen) atoms. The summed E-state index contributed by atoms with van der Waals surface area (Å²) in [6.07, 6.45) is 0.935. The Hall–Kier alpha value is -1.56. The predicted octanol–water partition coefficient (Wildman–Crippen LogP) is 1.65. The zero-order chi connectivity index (χ0) is 14.6. The SMILES string of the molecule is C=CCOC1C[C@H](C(=O)O)N(C(=O)OC(C)(C)C)C1. The van der Waals surface area contributed by atoms with E-state index in [0.29, 0.717) is 6.61 Å². The van der Waals surface area contributed by atoms with E-state index in [0.717, 1.165) is 0 Å². The number of nitrogens with zero attached hydrogens (tertiary/aromatic N) is 1. The summed E-state index contributed by atoms with van der Waals surface area (Å²) in [6, 6.07) is -0.898. The number of carboxylic acid groups (broad SMARTS) is 1. The van der Waals surface area contributed by atoms with Gasteiger partial charge in [0.15, 0.2) is 0 Å². The molecule has 0 spiro atoms. The maximum absolute atomic E-state index is 12.0. The maximum atomic E-state index is 12.0. The molecule has 2 atom stereocenters. The first-order valence-corrected chi connectivity index (χ1v) is 6.19. The van der Waals surface area contributed by atoms with Crippen molar-refractivity contribution in [2.75, 3.05) is 13.2 Å². The van der Waals surface area contributed by atoms with Crippen molar-refractivity contribution >= 4 is 12.1 Å². The number of ether oxygens (including phenoxy) is 2. The number of carboxylic acids is 1. The van der Waals surface area contributed by atoms with Crippen molar-refractivity contribution in [3.63, 3.8) is 0 Å². The molecule has 0 aromatic carbocycles. The van der Waals surface area contributed by atoms with Gasteiger partial charge in [-0.15, -0.1) is 6.58 Å². The third-order valence-corrected chi connectivity index (χ3v) is 2.63. The molecule has 0 aliphatic carbocycles. The van der Waals surface area contributed by atoms with Crippen LogP contribution in [-0.2, 0) is 14.3 Å². The Kier molecular flexibility index (Phi) is 4.94. The van der Waals surface area contributed by atoms with Gasteiger partial charge in [-0.2, -0.15) is 0 Å². The molecule has 6 heteroatoms. The molecule has 6 nitrogen and oxygen atoms in total. The molecule has 1 saturated heterocycles. The number of hydrogen-bond acceptors (Lipinski definition) is 4. The summed E-state index contributed by atoms with van der Waals surface area (Å²) in [4.78, 5) is 24.3. The van der Waals surface area contributed by atoms with Crippen LogP contribution in [0, 0.1) is 0 Å². The van der Waals surface area contributed by atoms with Gasteiger partial charge in [0.25, 0.3) is 0 Å². The van der Waals surface area contributed by atoms with Crippen molar-refractivity contribution in [2.24, 2.45) is 0 Å². The number of rotatable bonds is 4. The molecule has 1 N–H and O–H groups in total. The van der Waals surface area contributed by atoms with Crippen LogP contribution < -0.4 is 0 Å². The van der Waals surface area contributed by atoms with Crippen LogP contribution in [0.4, 0.5) is 4.79 Å². The Morgan fingerprint density at radius 2 is 2.11 bits per heavy atom. The number of aliphatic carboxylic acids is 1. The summed E-state index contributed by atoms with van der Waals surface area (Å²) in [6.45, 7) is 9.30. The second kappa shape index (κ2) is 6.06. The van der Waals surface area contributed by atoms with E-state index in [1.165, 1.54) is 4.90 Å². The van der Waals surface area contributed by atoms with Gasteiger partial charge in [-0.3, -0.25) is 4.90 Å². The van der Waals surface area contributed by atoms with E-state index in [1.54, 1.807) is 26.8 Å². The first-order chi connectivity index (χ1) is 8.74. The van der Waals surface area contributed by atoms with Crippen LogP contribution in [0.25, 0.3) is 0 Å². The smallest absolute Gasteiger partial charge is 0.411 e. The number of amides is 1.